The van der Waals surface area contributed by atoms with Crippen molar-refractivity contribution in [3.8, 4) is 0 Å². The van der Waals surface area contributed by atoms with Gasteiger partial charge in [-0.2, -0.15) is 5.10 Å². The Labute approximate surface area is 102 Å². The van der Waals surface area contributed by atoms with E-state index in [0.717, 1.165) is 5.69 Å². The van der Waals surface area contributed by atoms with Crippen LogP contribution in [-0.2, 0) is 9.47 Å². The maximum atomic E-state index is 11.6. The van der Waals surface area contributed by atoms with Crippen molar-refractivity contribution < 1.29 is 14.3 Å². The molecule has 0 aliphatic carbocycles. The second kappa shape index (κ2) is 6.39. The molecule has 1 aromatic rings. The second-order valence-electron chi connectivity index (χ2n) is 4.33. The summed E-state index contributed by atoms with van der Waals surface area (Å²) in [5.74, 6) is -0.0750. The van der Waals surface area contributed by atoms with Gasteiger partial charge in [-0.3, -0.25) is 5.10 Å². The Morgan fingerprint density at radius 1 is 1.47 bits per heavy atom. The van der Waals surface area contributed by atoms with Gasteiger partial charge in [0.1, 0.15) is 0 Å². The van der Waals surface area contributed by atoms with E-state index in [2.05, 4.69) is 10.2 Å². The molecule has 96 valence electrons. The number of carbonyl (C=O) groups is 1. The van der Waals surface area contributed by atoms with E-state index in [1.165, 1.54) is 0 Å². The van der Waals surface area contributed by atoms with Gasteiger partial charge in [0, 0.05) is 19.2 Å². The van der Waals surface area contributed by atoms with Crippen molar-refractivity contribution in [2.75, 3.05) is 13.7 Å². The summed E-state index contributed by atoms with van der Waals surface area (Å²) in [6, 6.07) is 1.73. The first-order chi connectivity index (χ1) is 8.04. The highest BCUT2D eigenvalue weighted by atomic mass is 16.5. The minimum atomic E-state index is -0.392. The zero-order valence-electron chi connectivity index (χ0n) is 10.8. The Morgan fingerprint density at radius 2 is 2.18 bits per heavy atom. The number of H-pyrrole nitrogens is 1. The molecule has 0 radical (unpaired) electrons. The van der Waals surface area contributed by atoms with Crippen molar-refractivity contribution >= 4 is 5.97 Å². The smallest absolute Gasteiger partial charge is 0.358 e. The molecular weight excluding hydrogens is 220 g/mol. The topological polar surface area (TPSA) is 64.2 Å². The van der Waals surface area contributed by atoms with Gasteiger partial charge in [-0.05, 0) is 18.9 Å². The predicted octanol–water partition coefficient (Wildman–Crippen LogP) is 2.11. The molecule has 0 aliphatic heterocycles. The minimum Gasteiger partial charge on any atom is -0.461 e. The maximum absolute atomic E-state index is 11.6. The zero-order valence-corrected chi connectivity index (χ0v) is 10.8. The molecule has 1 atom stereocenters. The van der Waals surface area contributed by atoms with E-state index in [4.69, 9.17) is 9.47 Å². The first-order valence-electron chi connectivity index (χ1n) is 5.79. The Morgan fingerprint density at radius 3 is 2.71 bits per heavy atom. The van der Waals surface area contributed by atoms with Gasteiger partial charge in [0.25, 0.3) is 0 Å². The average molecular weight is 240 g/mol. The van der Waals surface area contributed by atoms with Crippen LogP contribution in [-0.4, -0.2) is 36.0 Å². The third-order valence-corrected chi connectivity index (χ3v) is 2.59. The van der Waals surface area contributed by atoms with Gasteiger partial charge in [0.2, 0.25) is 0 Å². The van der Waals surface area contributed by atoms with Crippen molar-refractivity contribution in [2.45, 2.75) is 39.2 Å². The molecular formula is C12H20N2O3. The van der Waals surface area contributed by atoms with Crippen LogP contribution >= 0.6 is 0 Å². The normalized spacial score (nSPS) is 12.8. The molecule has 0 fully saturated rings. The molecule has 0 bridgehead atoms. The highest BCUT2D eigenvalue weighted by Gasteiger charge is 2.13. The summed E-state index contributed by atoms with van der Waals surface area (Å²) >= 11 is 0. The molecule has 1 heterocycles. The molecule has 1 rings (SSSR count). The summed E-state index contributed by atoms with van der Waals surface area (Å²) in [5, 5.41) is 6.75. The summed E-state index contributed by atoms with van der Waals surface area (Å²) in [4.78, 5) is 11.6. The molecule has 17 heavy (non-hydrogen) atoms. The molecule has 0 spiro atoms. The lowest BCUT2D eigenvalue weighted by Crippen LogP contribution is -2.13. The van der Waals surface area contributed by atoms with E-state index >= 15 is 0 Å². The van der Waals surface area contributed by atoms with Crippen molar-refractivity contribution in [1.82, 2.24) is 10.2 Å². The fourth-order valence-electron chi connectivity index (χ4n) is 1.25. The molecule has 0 aliphatic rings. The Balaban J connectivity index is 2.41. The summed E-state index contributed by atoms with van der Waals surface area (Å²) in [5.41, 5.74) is 1.26. The number of hydrogen-bond donors (Lipinski definition) is 1. The molecule has 0 aromatic carbocycles. The highest BCUT2D eigenvalue weighted by Crippen LogP contribution is 2.12. The van der Waals surface area contributed by atoms with Gasteiger partial charge in [-0.15, -0.1) is 0 Å². The average Bonchev–Trinajstić information content (AvgIpc) is 2.78. The van der Waals surface area contributed by atoms with E-state index in [-0.39, 0.29) is 6.10 Å². The summed E-state index contributed by atoms with van der Waals surface area (Å²) in [6.07, 6.45) is 0.775. The van der Waals surface area contributed by atoms with Crippen LogP contribution in [0.25, 0.3) is 0 Å². The van der Waals surface area contributed by atoms with Crippen LogP contribution in [0.2, 0.25) is 0 Å². The molecule has 0 amide bonds. The van der Waals surface area contributed by atoms with Crippen molar-refractivity contribution in [1.29, 1.82) is 0 Å². The Kier molecular flexibility index (Phi) is 5.15. The second-order valence-corrected chi connectivity index (χ2v) is 4.33. The number of esters is 1. The third-order valence-electron chi connectivity index (χ3n) is 2.59. The summed E-state index contributed by atoms with van der Waals surface area (Å²) in [6.45, 7) is 6.34. The van der Waals surface area contributed by atoms with Crippen molar-refractivity contribution in [3.63, 3.8) is 0 Å². The first kappa shape index (κ1) is 13.7. The number of nitrogens with one attached hydrogen (secondary N) is 1. The molecule has 1 aromatic heterocycles. The van der Waals surface area contributed by atoms with Crippen LogP contribution in [0, 0.1) is 0 Å². The van der Waals surface area contributed by atoms with Gasteiger partial charge in [0.05, 0.1) is 12.7 Å². The number of ether oxygens (including phenoxy) is 2. The minimum absolute atomic E-state index is 0.0909. The molecule has 0 saturated carbocycles. The quantitative estimate of drug-likeness (QED) is 0.773. The third kappa shape index (κ3) is 4.19. The number of carbonyl (C=O) groups excluding carboxylic acids is 1. The van der Waals surface area contributed by atoms with Gasteiger partial charge in [-0.1, -0.05) is 13.8 Å². The number of aromatic nitrogens is 2. The molecule has 1 unspecified atom stereocenters. The number of nitrogens with zero attached hydrogens (tertiary/aromatic N) is 1. The standard InChI is InChI=1S/C12H20N2O3/c1-8(2)10-7-11(14-13-10)12(15)17-6-5-9(3)16-4/h7-9H,5-6H2,1-4H3,(H,13,14). The monoisotopic (exact) mass is 240 g/mol. The van der Waals surface area contributed by atoms with E-state index in [1.807, 2.05) is 20.8 Å². The first-order valence-corrected chi connectivity index (χ1v) is 5.79. The van der Waals surface area contributed by atoms with Crippen molar-refractivity contribution in [3.05, 3.63) is 17.5 Å². The molecule has 5 heteroatoms. The maximum Gasteiger partial charge on any atom is 0.358 e. The molecule has 0 saturated heterocycles. The lowest BCUT2D eigenvalue weighted by molar-refractivity contribution is 0.0385. The Bertz CT molecular complexity index is 360. The van der Waals surface area contributed by atoms with Crippen LogP contribution in [0.5, 0.6) is 0 Å². The largest absolute Gasteiger partial charge is 0.461 e. The fourth-order valence-corrected chi connectivity index (χ4v) is 1.25. The van der Waals surface area contributed by atoms with Crippen molar-refractivity contribution in [2.24, 2.45) is 0 Å². The van der Waals surface area contributed by atoms with Gasteiger partial charge >= 0.3 is 5.97 Å². The summed E-state index contributed by atoms with van der Waals surface area (Å²) in [7, 11) is 1.63. The SMILES string of the molecule is COC(C)CCOC(=O)c1cc(C(C)C)[nH]n1. The summed E-state index contributed by atoms with van der Waals surface area (Å²) < 4.78 is 10.2. The van der Waals surface area contributed by atoms with Crippen LogP contribution < -0.4 is 0 Å². The number of methoxy groups -OCH3 is 1. The van der Waals surface area contributed by atoms with Crippen LogP contribution in [0.15, 0.2) is 6.07 Å². The van der Waals surface area contributed by atoms with E-state index < -0.39 is 5.97 Å². The fraction of sp³-hybridized carbons (Fsp3) is 0.667. The van der Waals surface area contributed by atoms with Crippen LogP contribution in [0.4, 0.5) is 0 Å². The lowest BCUT2D eigenvalue weighted by Gasteiger charge is -2.08. The van der Waals surface area contributed by atoms with E-state index in [9.17, 15) is 4.79 Å². The molecule has 1 N–H and O–H groups in total. The highest BCUT2D eigenvalue weighted by molar-refractivity contribution is 5.87. The zero-order chi connectivity index (χ0) is 12.8. The van der Waals surface area contributed by atoms with Gasteiger partial charge in [-0.25, -0.2) is 4.79 Å². The number of rotatable bonds is 6. The number of aromatic amines is 1. The van der Waals surface area contributed by atoms with Gasteiger partial charge < -0.3 is 9.47 Å². The molecule has 5 nitrogen and oxygen atoms in total. The predicted molar refractivity (Wildman–Crippen MR) is 64.0 cm³/mol. The van der Waals surface area contributed by atoms with Crippen LogP contribution in [0.3, 0.4) is 0 Å². The van der Waals surface area contributed by atoms with E-state index in [0.29, 0.717) is 24.6 Å². The van der Waals surface area contributed by atoms with Crippen LogP contribution in [0.1, 0.15) is 49.3 Å². The van der Waals surface area contributed by atoms with Gasteiger partial charge in [0.15, 0.2) is 5.69 Å². The Hall–Kier alpha value is -1.36. The van der Waals surface area contributed by atoms with E-state index in [1.54, 1.807) is 13.2 Å². The number of hydrogen-bond acceptors (Lipinski definition) is 4. The lowest BCUT2D eigenvalue weighted by atomic mass is 10.1.